The highest BCUT2D eigenvalue weighted by atomic mass is 16.5. The molecule has 3 spiro atoms. The third-order valence-corrected chi connectivity index (χ3v) is 23.5. The molecule has 6 aromatic rings. The van der Waals surface area contributed by atoms with Crippen LogP contribution in [-0.4, -0.2) is 85.5 Å². The lowest BCUT2D eigenvalue weighted by Crippen LogP contribution is -2.41. The number of anilines is 1. The number of hydrogen-bond acceptors (Lipinski definition) is 13. The predicted molar refractivity (Wildman–Crippen MR) is 363 cm³/mol. The number of Topliss-reactive ketones (excluding diaryl/α,β-unsaturated/α-hetero) is 2. The first-order valence-electron chi connectivity index (χ1n) is 34.5. The lowest BCUT2D eigenvalue weighted by Gasteiger charge is -2.50. The van der Waals surface area contributed by atoms with E-state index >= 15 is 4.79 Å². The summed E-state index contributed by atoms with van der Waals surface area (Å²) in [6.07, 6.45) is 30.9. The Morgan fingerprint density at radius 1 is 0.905 bits per heavy atom. The third kappa shape index (κ3) is 11.3. The minimum absolute atomic E-state index is 0.00363. The van der Waals surface area contributed by atoms with Gasteiger partial charge in [-0.1, -0.05) is 72.1 Å². The number of carbonyl (C=O) groups is 3. The van der Waals surface area contributed by atoms with Crippen LogP contribution in [0.5, 0.6) is 34.5 Å². The minimum atomic E-state index is -0.842. The van der Waals surface area contributed by atoms with Gasteiger partial charge in [0.15, 0.2) is 11.5 Å². The molecule has 2 saturated carbocycles. The van der Waals surface area contributed by atoms with Gasteiger partial charge >= 0.3 is 5.97 Å². The number of aliphatic hydroxyl groups excluding tert-OH is 2. The summed E-state index contributed by atoms with van der Waals surface area (Å²) >= 11 is 0. The van der Waals surface area contributed by atoms with Gasteiger partial charge in [-0.2, -0.15) is 0 Å². The molecule has 16 rings (SSSR count). The van der Waals surface area contributed by atoms with Gasteiger partial charge in [-0.3, -0.25) is 14.4 Å². The molecule has 10 aliphatic rings. The van der Waals surface area contributed by atoms with Crippen LogP contribution in [0.1, 0.15) is 179 Å². The number of nitrogens with one attached hydrogen (secondary N) is 2. The van der Waals surface area contributed by atoms with Crippen LogP contribution in [0.2, 0.25) is 0 Å². The number of rotatable bonds is 7. The van der Waals surface area contributed by atoms with Gasteiger partial charge in [0, 0.05) is 116 Å². The second kappa shape index (κ2) is 24.8. The topological polar surface area (TPSA) is 216 Å². The molecule has 12 atom stereocenters. The maximum Gasteiger partial charge on any atom is 0.302 e. The number of ketones is 2. The van der Waals surface area contributed by atoms with E-state index in [2.05, 4.69) is 111 Å². The van der Waals surface area contributed by atoms with E-state index in [1.165, 1.54) is 25.7 Å². The highest BCUT2D eigenvalue weighted by Crippen LogP contribution is 2.67. The third-order valence-electron chi connectivity index (χ3n) is 23.5. The van der Waals surface area contributed by atoms with Crippen molar-refractivity contribution >= 4 is 34.0 Å². The van der Waals surface area contributed by atoms with E-state index in [1.54, 1.807) is 25.1 Å². The van der Waals surface area contributed by atoms with E-state index in [1.807, 2.05) is 24.3 Å². The van der Waals surface area contributed by atoms with Gasteiger partial charge in [0.2, 0.25) is 5.75 Å². The van der Waals surface area contributed by atoms with Gasteiger partial charge in [-0.05, 0) is 201 Å². The summed E-state index contributed by atoms with van der Waals surface area (Å²) in [5.74, 6) is 7.62. The average Bonchev–Trinajstić information content (AvgIpc) is 1.56. The number of carbonyl (C=O) groups excluding carboxylic acids is 3. The number of methoxy groups -OCH3 is 1. The number of aromatic hydroxyl groups is 3. The van der Waals surface area contributed by atoms with Crippen LogP contribution < -0.4 is 19.7 Å². The van der Waals surface area contributed by atoms with Crippen LogP contribution in [0.3, 0.4) is 0 Å². The largest absolute Gasteiger partial charge is 0.508 e. The number of H-pyrrole nitrogens is 1. The maximum atomic E-state index is 15.9. The minimum Gasteiger partial charge on any atom is -0.508 e. The lowest BCUT2D eigenvalue weighted by atomic mass is 9.53. The van der Waals surface area contributed by atoms with Crippen LogP contribution in [-0.2, 0) is 32.0 Å². The Labute approximate surface area is 555 Å². The molecule has 6 aliphatic carbocycles. The van der Waals surface area contributed by atoms with E-state index in [0.29, 0.717) is 63.1 Å². The zero-order valence-corrected chi connectivity index (χ0v) is 54.5. The molecule has 12 unspecified atom stereocenters. The lowest BCUT2D eigenvalue weighted by molar-refractivity contribution is -0.148. The van der Waals surface area contributed by atoms with Crippen molar-refractivity contribution in [3.63, 3.8) is 0 Å². The molecule has 4 aromatic carbocycles. The summed E-state index contributed by atoms with van der Waals surface area (Å²) in [6, 6.07) is 19.4. The summed E-state index contributed by atoms with van der Waals surface area (Å²) in [7, 11) is 1.50. The summed E-state index contributed by atoms with van der Waals surface area (Å²) in [5.41, 5.74) is 7.95. The number of nitrogens with zero attached hydrogens (tertiary/aromatic N) is 2. The number of fused-ring (bicyclic) bond motifs is 6. The SMILES string of the molecule is COc1cc2cc(O)c1Oc1cc(O)cc(c1)CCC(CO)CC1CCC3(CCC4(Cc5c6c(ccc7c6cn5C2CC(=O)CC(OC(C)=O)CCC25C6=CC=CC2CC=CC5c2c[nH]cc2C(C#CC6)C(c2cccc(O)c2)C2=CCNC(=C2)N7CCC(C)=O)C4O)C3)C1. The van der Waals surface area contributed by atoms with Gasteiger partial charge in [-0.25, -0.2) is 0 Å². The van der Waals surface area contributed by atoms with Crippen LogP contribution in [0.4, 0.5) is 5.69 Å². The number of ether oxygens (including phenoxy) is 3. The number of hydrogen-bond donors (Lipinski definition) is 7. The fraction of sp³-hybridized carbons (Fsp3) is 0.438. The maximum absolute atomic E-state index is 15.9. The molecule has 14 bridgehead atoms. The number of phenols is 3. The van der Waals surface area contributed by atoms with Crippen molar-refractivity contribution in [3.8, 4) is 46.3 Å². The van der Waals surface area contributed by atoms with Gasteiger partial charge in [-0.15, -0.1) is 0 Å². The Morgan fingerprint density at radius 2 is 1.78 bits per heavy atom. The van der Waals surface area contributed by atoms with Gasteiger partial charge < -0.3 is 59.5 Å². The molecule has 2 fully saturated rings. The molecule has 0 radical (unpaired) electrons. The molecule has 492 valence electrons. The highest BCUT2D eigenvalue weighted by Gasteiger charge is 2.57. The van der Waals surface area contributed by atoms with E-state index in [4.69, 9.17) is 14.2 Å². The Bertz CT molecular complexity index is 4300. The number of aryl methyl sites for hydroxylation is 1. The van der Waals surface area contributed by atoms with Crippen molar-refractivity contribution in [3.05, 3.63) is 184 Å². The zero-order valence-electron chi connectivity index (χ0n) is 54.5. The Morgan fingerprint density at radius 3 is 2.61 bits per heavy atom. The molecule has 15 heteroatoms. The van der Waals surface area contributed by atoms with E-state index < -0.39 is 46.9 Å². The fourth-order valence-electron chi connectivity index (χ4n) is 19.4. The quantitative estimate of drug-likeness (QED) is 0.0450. The average molecular weight is 1280 g/mol. The van der Waals surface area contributed by atoms with Crippen molar-refractivity contribution in [2.45, 2.75) is 159 Å². The van der Waals surface area contributed by atoms with Crippen LogP contribution in [0.15, 0.2) is 145 Å². The summed E-state index contributed by atoms with van der Waals surface area (Å²) in [5, 5.41) is 64.9. The zero-order chi connectivity index (χ0) is 65.5. The molecule has 7 N–H and O–H groups in total. The summed E-state index contributed by atoms with van der Waals surface area (Å²) in [6.45, 7) is 3.78. The first-order chi connectivity index (χ1) is 46.0. The second-order valence-corrected chi connectivity index (χ2v) is 29.2. The van der Waals surface area contributed by atoms with E-state index in [0.717, 1.165) is 113 Å². The fourth-order valence-corrected chi connectivity index (χ4v) is 19.4. The number of allylic oxidation sites excluding steroid dienone is 8. The Hall–Kier alpha value is -8.71. The van der Waals surface area contributed by atoms with Crippen LogP contribution in [0, 0.1) is 45.8 Å². The number of benzene rings is 4. The number of aromatic nitrogens is 2. The second-order valence-electron chi connectivity index (χ2n) is 29.2. The Kier molecular flexibility index (Phi) is 16.3. The van der Waals surface area contributed by atoms with Crippen LogP contribution >= 0.6 is 0 Å². The van der Waals surface area contributed by atoms with Gasteiger partial charge in [0.1, 0.15) is 40.7 Å². The van der Waals surface area contributed by atoms with Crippen molar-refractivity contribution in [2.75, 3.05) is 31.7 Å². The molecule has 15 nitrogen and oxygen atoms in total. The van der Waals surface area contributed by atoms with Crippen molar-refractivity contribution in [1.29, 1.82) is 0 Å². The first kappa shape index (κ1) is 62.4. The first-order valence-corrected chi connectivity index (χ1v) is 34.5. The Balaban J connectivity index is 0.966. The number of dihydropyridines is 1. The van der Waals surface area contributed by atoms with Crippen LogP contribution in [0.25, 0.3) is 10.8 Å². The smallest absolute Gasteiger partial charge is 0.302 e. The molecule has 95 heavy (non-hydrogen) atoms. The van der Waals surface area contributed by atoms with Crippen molar-refractivity contribution < 1.29 is 54.1 Å². The molecular formula is C80H86N4O11. The molecule has 0 saturated heterocycles. The number of aliphatic hydroxyl groups is 2. The van der Waals surface area contributed by atoms with E-state index in [-0.39, 0.29) is 95.1 Å². The summed E-state index contributed by atoms with van der Waals surface area (Å²) < 4.78 is 21.3. The molecule has 2 aromatic heterocycles. The monoisotopic (exact) mass is 1280 g/mol. The number of phenolic OH excluding ortho intramolecular Hbond substituents is 3. The standard InChI is InChI=1S/C80H86N4O11/c1-47(86)23-29-83-68-19-18-63-75-66(68)44-84-69(54-34-71(91)76(72(35-54)93-3)95-61-32-49(31-58(89)38-61)16-17-51(45-85)30-50-20-24-78(40-50)26-27-79(46-78,77(63)92)41-70(75)84)39-59(90)37-60(94-48(2)87)21-25-80-55-9-5-10-56(80)12-7-15-67(80)65-43-81-42-64(65)62(14-6-11-55)74(52-8-4-13-57(88)33-52)53-22-28-82-73(83)36-53/h4-5,7-10,13,15,18-19,22,31-36,38,42-44,50-51,56,60,62,67,69,74,77,81-82,85,88-89,91-92H,11-12,16-17,20-21,23-30,37,39-41,45-46H2,1-3H3. The molecule has 6 heterocycles. The number of aromatic amines is 1. The van der Waals surface area contributed by atoms with E-state index in [9.17, 15) is 35.1 Å². The molecule has 0 amide bonds. The molecule has 4 aliphatic heterocycles. The highest BCUT2D eigenvalue weighted by molar-refractivity contribution is 6.00. The summed E-state index contributed by atoms with van der Waals surface area (Å²) in [4.78, 5) is 48.7. The number of esters is 1. The molecular weight excluding hydrogens is 1190 g/mol. The normalized spacial score (nSPS) is 29.9. The van der Waals surface area contributed by atoms with Crippen molar-refractivity contribution in [2.24, 2.45) is 34.0 Å². The van der Waals surface area contributed by atoms with Crippen molar-refractivity contribution in [1.82, 2.24) is 14.9 Å². The van der Waals surface area contributed by atoms with Gasteiger partial charge in [0.05, 0.1) is 30.9 Å². The van der Waals surface area contributed by atoms with Gasteiger partial charge in [0.25, 0.3) is 0 Å². The predicted octanol–water partition coefficient (Wildman–Crippen LogP) is 14.3.